The second kappa shape index (κ2) is 8.14. The van der Waals surface area contributed by atoms with E-state index in [-0.39, 0.29) is 0 Å². The highest BCUT2D eigenvalue weighted by Crippen LogP contribution is 2.24. The van der Waals surface area contributed by atoms with Crippen LogP contribution in [0, 0.1) is 0 Å². The van der Waals surface area contributed by atoms with Crippen LogP contribution in [0.5, 0.6) is 5.75 Å². The van der Waals surface area contributed by atoms with Crippen molar-refractivity contribution < 1.29 is 9.47 Å². The highest BCUT2D eigenvalue weighted by atomic mass is 16.5. The summed E-state index contributed by atoms with van der Waals surface area (Å²) in [5, 5.41) is 9.76. The van der Waals surface area contributed by atoms with Crippen LogP contribution in [0.25, 0.3) is 27.9 Å². The van der Waals surface area contributed by atoms with Gasteiger partial charge in [0.15, 0.2) is 11.5 Å². The van der Waals surface area contributed by atoms with Gasteiger partial charge >= 0.3 is 0 Å². The van der Waals surface area contributed by atoms with Gasteiger partial charge in [0.05, 0.1) is 25.3 Å². The number of ether oxygens (including phenoxy) is 2. The molecule has 3 heterocycles. The maximum absolute atomic E-state index is 5.90. The van der Waals surface area contributed by atoms with E-state index in [9.17, 15) is 0 Å². The van der Waals surface area contributed by atoms with Crippen LogP contribution in [0.2, 0.25) is 0 Å². The minimum Gasteiger partial charge on any atom is -0.494 e. The van der Waals surface area contributed by atoms with E-state index in [0.717, 1.165) is 73.0 Å². The summed E-state index contributed by atoms with van der Waals surface area (Å²) in [7, 11) is 0. The maximum atomic E-state index is 5.90. The number of nitrogens with zero attached hydrogens (tertiary/aromatic N) is 5. The van der Waals surface area contributed by atoms with Crippen molar-refractivity contribution in [2.75, 3.05) is 39.5 Å². The van der Waals surface area contributed by atoms with Crippen LogP contribution in [0.1, 0.15) is 6.42 Å². The van der Waals surface area contributed by atoms with Crippen LogP contribution in [0.15, 0.2) is 54.9 Å². The van der Waals surface area contributed by atoms with E-state index in [2.05, 4.69) is 20.1 Å². The fourth-order valence-electron chi connectivity index (χ4n) is 3.68. The summed E-state index contributed by atoms with van der Waals surface area (Å²) < 4.78 is 13.2. The van der Waals surface area contributed by atoms with Crippen LogP contribution < -0.4 is 4.74 Å². The highest BCUT2D eigenvalue weighted by Gasteiger charge is 2.12. The quantitative estimate of drug-likeness (QED) is 0.472. The molecule has 0 unspecified atom stereocenters. The molecule has 1 saturated heterocycles. The Hall–Kier alpha value is -3.03. The molecule has 1 aliphatic rings. The number of hydrogen-bond donors (Lipinski definition) is 0. The molecule has 29 heavy (non-hydrogen) atoms. The smallest absolute Gasteiger partial charge is 0.171 e. The van der Waals surface area contributed by atoms with E-state index >= 15 is 0 Å². The Morgan fingerprint density at radius 2 is 1.79 bits per heavy atom. The summed E-state index contributed by atoms with van der Waals surface area (Å²) in [4.78, 5) is 6.94. The molecule has 0 spiro atoms. The van der Waals surface area contributed by atoms with Crippen LogP contribution in [-0.4, -0.2) is 63.9 Å². The summed E-state index contributed by atoms with van der Waals surface area (Å²) in [5.74, 6) is 1.64. The highest BCUT2D eigenvalue weighted by molar-refractivity contribution is 5.91. The first-order chi connectivity index (χ1) is 14.4. The summed E-state index contributed by atoms with van der Waals surface area (Å²) >= 11 is 0. The van der Waals surface area contributed by atoms with Gasteiger partial charge in [0, 0.05) is 30.6 Å². The molecule has 0 N–H and O–H groups in total. The Morgan fingerprint density at radius 1 is 0.966 bits per heavy atom. The SMILES string of the molecule is c1ccc2c(c1)ncn1c(-c3ccc(OCCCN4CCOCC4)cc3)nnc21. The topological polar surface area (TPSA) is 64.8 Å². The van der Waals surface area contributed by atoms with Gasteiger partial charge in [-0.25, -0.2) is 4.98 Å². The standard InChI is InChI=1S/C22H23N5O2/c1-2-5-20-19(4-1)22-25-24-21(27(22)16-23-20)17-6-8-18(9-7-17)29-13-3-10-26-11-14-28-15-12-26/h1-2,4-9,16H,3,10-15H2. The minimum atomic E-state index is 0.709. The molecule has 2 aromatic carbocycles. The fourth-order valence-corrected chi connectivity index (χ4v) is 3.68. The van der Waals surface area contributed by atoms with Gasteiger partial charge in [-0.2, -0.15) is 0 Å². The second-order valence-corrected chi connectivity index (χ2v) is 7.16. The van der Waals surface area contributed by atoms with Crippen molar-refractivity contribution in [3.05, 3.63) is 54.9 Å². The number of rotatable bonds is 6. The summed E-state index contributed by atoms with van der Waals surface area (Å²) in [6.45, 7) is 5.47. The molecule has 1 aliphatic heterocycles. The van der Waals surface area contributed by atoms with Gasteiger partial charge in [-0.1, -0.05) is 12.1 Å². The number of fused-ring (bicyclic) bond motifs is 3. The van der Waals surface area contributed by atoms with Crippen molar-refractivity contribution in [3.63, 3.8) is 0 Å². The largest absolute Gasteiger partial charge is 0.494 e. The third kappa shape index (κ3) is 3.79. The van der Waals surface area contributed by atoms with Gasteiger partial charge in [-0.15, -0.1) is 10.2 Å². The summed E-state index contributed by atoms with van der Waals surface area (Å²) in [6.07, 6.45) is 2.79. The number of benzene rings is 2. The summed E-state index contributed by atoms with van der Waals surface area (Å²) in [5.41, 5.74) is 2.71. The first-order valence-corrected chi connectivity index (χ1v) is 10.0. The van der Waals surface area contributed by atoms with Crippen molar-refractivity contribution in [2.45, 2.75) is 6.42 Å². The van der Waals surface area contributed by atoms with Gasteiger partial charge in [-0.05, 0) is 42.8 Å². The predicted octanol–water partition coefficient (Wildman–Crippen LogP) is 3.05. The lowest BCUT2D eigenvalue weighted by molar-refractivity contribution is 0.0358. The molecule has 0 saturated carbocycles. The van der Waals surface area contributed by atoms with E-state index < -0.39 is 0 Å². The predicted molar refractivity (Wildman–Crippen MR) is 111 cm³/mol. The molecule has 1 fully saturated rings. The molecule has 0 aliphatic carbocycles. The average molecular weight is 389 g/mol. The van der Waals surface area contributed by atoms with Crippen LogP contribution in [0.4, 0.5) is 0 Å². The lowest BCUT2D eigenvalue weighted by Gasteiger charge is -2.26. The first kappa shape index (κ1) is 18.0. The third-order valence-electron chi connectivity index (χ3n) is 5.26. The molecule has 0 amide bonds. The van der Waals surface area contributed by atoms with E-state index in [0.29, 0.717) is 6.61 Å². The fraction of sp³-hybridized carbons (Fsp3) is 0.318. The molecule has 7 heteroatoms. The number of para-hydroxylation sites is 1. The minimum absolute atomic E-state index is 0.709. The van der Waals surface area contributed by atoms with Gasteiger partial charge in [0.2, 0.25) is 0 Å². The van der Waals surface area contributed by atoms with Crippen LogP contribution in [-0.2, 0) is 4.74 Å². The zero-order valence-electron chi connectivity index (χ0n) is 16.2. The van der Waals surface area contributed by atoms with Crippen LogP contribution >= 0.6 is 0 Å². The van der Waals surface area contributed by atoms with Crippen molar-refractivity contribution >= 4 is 16.6 Å². The number of hydrogen-bond acceptors (Lipinski definition) is 6. The number of morpholine rings is 1. The third-order valence-corrected chi connectivity index (χ3v) is 5.26. The van der Waals surface area contributed by atoms with E-state index in [4.69, 9.17) is 9.47 Å². The van der Waals surface area contributed by atoms with Crippen molar-refractivity contribution in [3.8, 4) is 17.1 Å². The zero-order chi connectivity index (χ0) is 19.5. The van der Waals surface area contributed by atoms with Crippen molar-refractivity contribution in [1.82, 2.24) is 24.5 Å². The molecule has 2 aromatic heterocycles. The van der Waals surface area contributed by atoms with Gasteiger partial charge in [0.1, 0.15) is 12.1 Å². The molecule has 4 aromatic rings. The Morgan fingerprint density at radius 3 is 2.66 bits per heavy atom. The molecule has 0 atom stereocenters. The molecule has 148 valence electrons. The molecular weight excluding hydrogens is 366 g/mol. The van der Waals surface area contributed by atoms with Crippen LogP contribution in [0.3, 0.4) is 0 Å². The van der Waals surface area contributed by atoms with Gasteiger partial charge in [-0.3, -0.25) is 9.30 Å². The van der Waals surface area contributed by atoms with Gasteiger partial charge in [0.25, 0.3) is 0 Å². The Balaban J connectivity index is 1.26. The zero-order valence-corrected chi connectivity index (χ0v) is 16.2. The van der Waals surface area contributed by atoms with E-state index in [1.165, 1.54) is 0 Å². The Labute approximate surface area is 168 Å². The molecule has 0 radical (unpaired) electrons. The lowest BCUT2D eigenvalue weighted by atomic mass is 10.2. The monoisotopic (exact) mass is 389 g/mol. The average Bonchev–Trinajstić information content (AvgIpc) is 3.23. The molecule has 5 rings (SSSR count). The molecular formula is C22H23N5O2. The van der Waals surface area contributed by atoms with Crippen molar-refractivity contribution in [1.29, 1.82) is 0 Å². The normalized spacial score (nSPS) is 15.2. The van der Waals surface area contributed by atoms with Gasteiger partial charge < -0.3 is 9.47 Å². The Bertz CT molecular complexity index is 1100. The molecule has 7 nitrogen and oxygen atoms in total. The number of aromatic nitrogens is 4. The van der Waals surface area contributed by atoms with E-state index in [1.54, 1.807) is 6.33 Å². The second-order valence-electron chi connectivity index (χ2n) is 7.16. The molecule has 0 bridgehead atoms. The van der Waals surface area contributed by atoms with E-state index in [1.807, 2.05) is 52.9 Å². The summed E-state index contributed by atoms with van der Waals surface area (Å²) in [6, 6.07) is 16.0. The maximum Gasteiger partial charge on any atom is 0.171 e. The lowest BCUT2D eigenvalue weighted by Crippen LogP contribution is -2.37. The Kier molecular flexibility index (Phi) is 5.06. The first-order valence-electron chi connectivity index (χ1n) is 10.0. The van der Waals surface area contributed by atoms with Crippen molar-refractivity contribution in [2.24, 2.45) is 0 Å².